The predicted molar refractivity (Wildman–Crippen MR) is 76.7 cm³/mol. The van der Waals surface area contributed by atoms with Crippen LogP contribution in [0.3, 0.4) is 0 Å². The molecule has 0 unspecified atom stereocenters. The molecule has 3 N–H and O–H groups in total. The van der Waals surface area contributed by atoms with E-state index in [4.69, 9.17) is 5.73 Å². The first-order valence-electron chi connectivity index (χ1n) is 7.00. The fourth-order valence-electron chi connectivity index (χ4n) is 2.71. The first kappa shape index (κ1) is 14.0. The number of nitrogens with two attached hydrogens (primary N) is 1. The Morgan fingerprint density at radius 3 is 2.79 bits per heavy atom. The van der Waals surface area contributed by atoms with Gasteiger partial charge in [-0.3, -0.25) is 9.78 Å². The molecule has 1 heterocycles. The van der Waals surface area contributed by atoms with Crippen LogP contribution in [0.4, 0.5) is 5.69 Å². The van der Waals surface area contributed by atoms with Gasteiger partial charge in [-0.1, -0.05) is 6.92 Å². The van der Waals surface area contributed by atoms with Crippen molar-refractivity contribution in [3.8, 4) is 0 Å². The van der Waals surface area contributed by atoms with Gasteiger partial charge in [-0.15, -0.1) is 0 Å². The zero-order chi connectivity index (χ0) is 13.9. The lowest BCUT2D eigenvalue weighted by Crippen LogP contribution is -2.44. The van der Waals surface area contributed by atoms with Crippen LogP contribution in [-0.4, -0.2) is 17.4 Å². The van der Waals surface area contributed by atoms with E-state index in [0.717, 1.165) is 37.1 Å². The normalized spacial score (nSPS) is 27.0. The van der Waals surface area contributed by atoms with Gasteiger partial charge in [0.05, 0.1) is 16.8 Å². The largest absolute Gasteiger partial charge is 0.329 e. The van der Waals surface area contributed by atoms with Crippen LogP contribution in [0.15, 0.2) is 18.3 Å². The fraction of sp³-hybridized carbons (Fsp3) is 0.600. The van der Waals surface area contributed by atoms with Gasteiger partial charge in [0.1, 0.15) is 0 Å². The van der Waals surface area contributed by atoms with Crippen LogP contribution in [0.25, 0.3) is 0 Å². The highest BCUT2D eigenvalue weighted by Crippen LogP contribution is 2.39. The van der Waals surface area contributed by atoms with Gasteiger partial charge < -0.3 is 11.1 Å². The molecule has 1 aromatic rings. The van der Waals surface area contributed by atoms with Crippen molar-refractivity contribution in [2.24, 2.45) is 17.1 Å². The number of aromatic nitrogens is 1. The standard InChI is InChI=1S/C15H23N3O/c1-11-5-7-15(10-16,8-6-11)14(19)18-13-4-3-9-17-12(13)2/h3-4,9,11H,5-8,10,16H2,1-2H3,(H,18,19). The summed E-state index contributed by atoms with van der Waals surface area (Å²) in [6.45, 7) is 4.56. The molecule has 1 aromatic heterocycles. The Bertz CT molecular complexity index is 450. The van der Waals surface area contributed by atoms with Gasteiger partial charge in [0.2, 0.25) is 5.91 Å². The van der Waals surface area contributed by atoms with Crippen molar-refractivity contribution < 1.29 is 4.79 Å². The average Bonchev–Trinajstić information content (AvgIpc) is 2.42. The van der Waals surface area contributed by atoms with E-state index in [-0.39, 0.29) is 5.91 Å². The molecule has 1 aliphatic carbocycles. The maximum atomic E-state index is 12.6. The molecule has 4 nitrogen and oxygen atoms in total. The molecular weight excluding hydrogens is 238 g/mol. The minimum Gasteiger partial charge on any atom is -0.329 e. The van der Waals surface area contributed by atoms with Crippen molar-refractivity contribution in [1.82, 2.24) is 4.98 Å². The summed E-state index contributed by atoms with van der Waals surface area (Å²) in [7, 11) is 0. The van der Waals surface area contributed by atoms with Crippen LogP contribution in [0.1, 0.15) is 38.3 Å². The molecule has 0 aromatic carbocycles. The Kier molecular flexibility index (Phi) is 4.20. The third-order valence-electron chi connectivity index (χ3n) is 4.36. The van der Waals surface area contributed by atoms with Gasteiger partial charge in [-0.25, -0.2) is 0 Å². The van der Waals surface area contributed by atoms with Gasteiger partial charge in [-0.05, 0) is 50.7 Å². The number of rotatable bonds is 3. The van der Waals surface area contributed by atoms with Crippen molar-refractivity contribution in [3.05, 3.63) is 24.0 Å². The second kappa shape index (κ2) is 5.70. The van der Waals surface area contributed by atoms with E-state index >= 15 is 0 Å². The number of nitrogens with zero attached hydrogens (tertiary/aromatic N) is 1. The fourth-order valence-corrected chi connectivity index (χ4v) is 2.71. The number of carbonyl (C=O) groups excluding carboxylic acids is 1. The molecule has 4 heteroatoms. The molecule has 0 radical (unpaired) electrons. The third-order valence-corrected chi connectivity index (χ3v) is 4.36. The van der Waals surface area contributed by atoms with E-state index in [0.29, 0.717) is 12.5 Å². The summed E-state index contributed by atoms with van der Waals surface area (Å²) in [5.74, 6) is 0.755. The summed E-state index contributed by atoms with van der Waals surface area (Å²) >= 11 is 0. The molecule has 19 heavy (non-hydrogen) atoms. The summed E-state index contributed by atoms with van der Waals surface area (Å²) in [5, 5.41) is 3.01. The number of carbonyl (C=O) groups is 1. The Morgan fingerprint density at radius 1 is 1.53 bits per heavy atom. The summed E-state index contributed by atoms with van der Waals surface area (Å²) in [6, 6.07) is 3.72. The third kappa shape index (κ3) is 2.95. The number of hydrogen-bond acceptors (Lipinski definition) is 3. The number of pyridine rings is 1. The van der Waals surface area contributed by atoms with Crippen molar-refractivity contribution in [2.75, 3.05) is 11.9 Å². The van der Waals surface area contributed by atoms with E-state index < -0.39 is 5.41 Å². The lowest BCUT2D eigenvalue weighted by atomic mass is 9.70. The van der Waals surface area contributed by atoms with E-state index in [9.17, 15) is 4.79 Å². The zero-order valence-electron chi connectivity index (χ0n) is 11.8. The maximum Gasteiger partial charge on any atom is 0.231 e. The monoisotopic (exact) mass is 261 g/mol. The summed E-state index contributed by atoms with van der Waals surface area (Å²) in [6.07, 6.45) is 5.66. The highest BCUT2D eigenvalue weighted by atomic mass is 16.2. The highest BCUT2D eigenvalue weighted by molar-refractivity contribution is 5.96. The van der Waals surface area contributed by atoms with Crippen molar-refractivity contribution >= 4 is 11.6 Å². The highest BCUT2D eigenvalue weighted by Gasteiger charge is 2.39. The Hall–Kier alpha value is -1.42. The van der Waals surface area contributed by atoms with Gasteiger partial charge in [0.25, 0.3) is 0 Å². The number of anilines is 1. The second-order valence-electron chi connectivity index (χ2n) is 5.76. The van der Waals surface area contributed by atoms with Crippen LogP contribution in [0, 0.1) is 18.3 Å². The smallest absolute Gasteiger partial charge is 0.231 e. The van der Waals surface area contributed by atoms with Crippen molar-refractivity contribution in [2.45, 2.75) is 39.5 Å². The summed E-state index contributed by atoms with van der Waals surface area (Å²) < 4.78 is 0. The van der Waals surface area contributed by atoms with E-state index in [1.54, 1.807) is 6.20 Å². The number of hydrogen-bond donors (Lipinski definition) is 2. The molecule has 0 spiro atoms. The SMILES string of the molecule is Cc1ncccc1NC(=O)C1(CN)CCC(C)CC1. The lowest BCUT2D eigenvalue weighted by molar-refractivity contribution is -0.127. The van der Waals surface area contributed by atoms with E-state index in [1.807, 2.05) is 19.1 Å². The van der Waals surface area contributed by atoms with Gasteiger partial charge >= 0.3 is 0 Å². The Balaban J connectivity index is 2.12. The first-order valence-corrected chi connectivity index (χ1v) is 7.00. The first-order chi connectivity index (χ1) is 9.07. The molecule has 0 aliphatic heterocycles. The van der Waals surface area contributed by atoms with Crippen LogP contribution >= 0.6 is 0 Å². The predicted octanol–water partition coefficient (Wildman–Crippen LogP) is 2.48. The molecule has 0 atom stereocenters. The van der Waals surface area contributed by atoms with E-state index in [2.05, 4.69) is 17.2 Å². The van der Waals surface area contributed by atoms with Gasteiger partial charge in [0.15, 0.2) is 0 Å². The van der Waals surface area contributed by atoms with Crippen LogP contribution in [0.2, 0.25) is 0 Å². The minimum absolute atomic E-state index is 0.0537. The molecular formula is C15H23N3O. The Morgan fingerprint density at radius 2 is 2.21 bits per heavy atom. The molecule has 0 saturated heterocycles. The van der Waals surface area contributed by atoms with Crippen LogP contribution in [0.5, 0.6) is 0 Å². The molecule has 1 saturated carbocycles. The molecule has 0 bridgehead atoms. The number of aryl methyl sites for hydroxylation is 1. The van der Waals surface area contributed by atoms with Crippen LogP contribution in [-0.2, 0) is 4.79 Å². The molecule has 1 fully saturated rings. The van der Waals surface area contributed by atoms with Crippen molar-refractivity contribution in [3.63, 3.8) is 0 Å². The summed E-state index contributed by atoms with van der Waals surface area (Å²) in [5.41, 5.74) is 7.14. The Labute approximate surface area is 114 Å². The van der Waals surface area contributed by atoms with E-state index in [1.165, 1.54) is 0 Å². The van der Waals surface area contributed by atoms with Gasteiger partial charge in [0, 0.05) is 12.7 Å². The molecule has 104 valence electrons. The topological polar surface area (TPSA) is 68.0 Å². The second-order valence-corrected chi connectivity index (χ2v) is 5.76. The number of nitrogens with one attached hydrogen (secondary N) is 1. The maximum absolute atomic E-state index is 12.6. The molecule has 1 aliphatic rings. The van der Waals surface area contributed by atoms with Gasteiger partial charge in [-0.2, -0.15) is 0 Å². The van der Waals surface area contributed by atoms with Crippen LogP contribution < -0.4 is 11.1 Å². The lowest BCUT2D eigenvalue weighted by Gasteiger charge is -2.37. The number of amides is 1. The molecule has 1 amide bonds. The quantitative estimate of drug-likeness (QED) is 0.878. The summed E-state index contributed by atoms with van der Waals surface area (Å²) in [4.78, 5) is 16.8. The minimum atomic E-state index is -0.394. The average molecular weight is 261 g/mol. The van der Waals surface area contributed by atoms with Crippen molar-refractivity contribution in [1.29, 1.82) is 0 Å². The molecule has 2 rings (SSSR count). The zero-order valence-corrected chi connectivity index (χ0v) is 11.8.